The molecule has 1 unspecified atom stereocenters. The van der Waals surface area contributed by atoms with Crippen molar-refractivity contribution in [3.05, 3.63) is 88.7 Å². The van der Waals surface area contributed by atoms with Crippen LogP contribution in [0.2, 0.25) is 10.0 Å². The number of sulfonamides is 1. The van der Waals surface area contributed by atoms with Gasteiger partial charge in [0.15, 0.2) is 0 Å². The largest absolute Gasteiger partial charge is 0.325 e. The number of carbonyl (C=O) groups is 1. The minimum Gasteiger partial charge on any atom is -0.325 e. The number of pyridine rings is 1. The summed E-state index contributed by atoms with van der Waals surface area (Å²) in [7, 11) is -4.17. The highest BCUT2D eigenvalue weighted by atomic mass is 35.5. The summed E-state index contributed by atoms with van der Waals surface area (Å²) >= 11 is 12.1. The molecule has 1 atom stereocenters. The van der Waals surface area contributed by atoms with Crippen LogP contribution in [-0.4, -0.2) is 25.4 Å². The molecule has 2 N–H and O–H groups in total. The van der Waals surface area contributed by atoms with E-state index in [2.05, 4.69) is 15.0 Å². The summed E-state index contributed by atoms with van der Waals surface area (Å²) in [4.78, 5) is 16.5. The number of nitrogens with one attached hydrogen (secondary N) is 2. The molecule has 3 aromatic rings. The SMILES string of the molecule is O=C(Nc1ccncc1)C(Cc1ccccc1)NS(=O)(=O)c1c(Cl)cccc1Cl. The van der Waals surface area contributed by atoms with Crippen LogP contribution in [0.1, 0.15) is 5.56 Å². The van der Waals surface area contributed by atoms with Crippen LogP contribution >= 0.6 is 23.2 Å². The van der Waals surface area contributed by atoms with Crippen molar-refractivity contribution in [3.63, 3.8) is 0 Å². The van der Waals surface area contributed by atoms with Crippen LogP contribution in [0.5, 0.6) is 0 Å². The second-order valence-electron chi connectivity index (χ2n) is 6.14. The number of anilines is 1. The maximum Gasteiger partial charge on any atom is 0.244 e. The minimum absolute atomic E-state index is 0.0296. The Balaban J connectivity index is 1.91. The van der Waals surface area contributed by atoms with Gasteiger partial charge in [-0.1, -0.05) is 59.6 Å². The predicted molar refractivity (Wildman–Crippen MR) is 114 cm³/mol. The Hall–Kier alpha value is -2.45. The molecule has 0 saturated heterocycles. The van der Waals surface area contributed by atoms with E-state index in [1.165, 1.54) is 24.5 Å². The molecule has 0 aliphatic carbocycles. The summed E-state index contributed by atoms with van der Waals surface area (Å²) in [5, 5.41) is 2.63. The van der Waals surface area contributed by atoms with Crippen molar-refractivity contribution in [3.8, 4) is 0 Å². The predicted octanol–water partition coefficient (Wildman–Crippen LogP) is 3.92. The van der Waals surface area contributed by atoms with Crippen molar-refractivity contribution in [2.24, 2.45) is 0 Å². The molecule has 0 bridgehead atoms. The van der Waals surface area contributed by atoms with Crippen LogP contribution in [0.25, 0.3) is 0 Å². The topological polar surface area (TPSA) is 88.2 Å². The van der Waals surface area contributed by atoms with E-state index in [4.69, 9.17) is 23.2 Å². The zero-order valence-electron chi connectivity index (χ0n) is 15.0. The van der Waals surface area contributed by atoms with Gasteiger partial charge in [0.25, 0.3) is 0 Å². The van der Waals surface area contributed by atoms with Gasteiger partial charge in [-0.15, -0.1) is 0 Å². The van der Waals surface area contributed by atoms with Crippen molar-refractivity contribution in [1.82, 2.24) is 9.71 Å². The van der Waals surface area contributed by atoms with Crippen molar-refractivity contribution in [1.29, 1.82) is 0 Å². The fourth-order valence-corrected chi connectivity index (χ4v) is 5.03. The second-order valence-corrected chi connectivity index (χ2v) is 8.60. The van der Waals surface area contributed by atoms with Crippen molar-refractivity contribution < 1.29 is 13.2 Å². The van der Waals surface area contributed by atoms with Gasteiger partial charge in [0.05, 0.1) is 10.0 Å². The normalized spacial score (nSPS) is 12.3. The number of benzene rings is 2. The lowest BCUT2D eigenvalue weighted by atomic mass is 10.1. The number of hydrogen-bond acceptors (Lipinski definition) is 4. The van der Waals surface area contributed by atoms with Gasteiger partial charge in [-0.05, 0) is 36.2 Å². The van der Waals surface area contributed by atoms with Crippen molar-refractivity contribution in [2.75, 3.05) is 5.32 Å². The van der Waals surface area contributed by atoms with Crippen molar-refractivity contribution in [2.45, 2.75) is 17.4 Å². The molecule has 6 nitrogen and oxygen atoms in total. The highest BCUT2D eigenvalue weighted by molar-refractivity contribution is 7.89. The fraction of sp³-hybridized carbons (Fsp3) is 0.100. The standard InChI is InChI=1S/C20H17Cl2N3O3S/c21-16-7-4-8-17(22)19(16)29(27,28)25-18(13-14-5-2-1-3-6-14)20(26)24-15-9-11-23-12-10-15/h1-12,18,25H,13H2,(H,23,24,26). The summed E-state index contributed by atoms with van der Waals surface area (Å²) in [6.07, 6.45) is 3.18. The van der Waals surface area contributed by atoms with Crippen molar-refractivity contribution >= 4 is 44.8 Å². The Morgan fingerprint density at radius 3 is 2.17 bits per heavy atom. The first-order chi connectivity index (χ1) is 13.9. The van der Waals surface area contributed by atoms with Crippen LogP contribution < -0.4 is 10.0 Å². The van der Waals surface area contributed by atoms with Crippen LogP contribution in [0.3, 0.4) is 0 Å². The number of hydrogen-bond donors (Lipinski definition) is 2. The lowest BCUT2D eigenvalue weighted by Crippen LogP contribution is -2.45. The lowest BCUT2D eigenvalue weighted by Gasteiger charge is -2.19. The quantitative estimate of drug-likeness (QED) is 0.571. The molecule has 0 fully saturated rings. The highest BCUT2D eigenvalue weighted by Gasteiger charge is 2.29. The maximum absolute atomic E-state index is 13.0. The summed E-state index contributed by atoms with van der Waals surface area (Å²) < 4.78 is 28.4. The number of nitrogens with zero attached hydrogens (tertiary/aromatic N) is 1. The number of rotatable bonds is 7. The molecule has 29 heavy (non-hydrogen) atoms. The molecule has 0 saturated carbocycles. The van der Waals surface area contributed by atoms with Crippen LogP contribution in [-0.2, 0) is 21.2 Å². The number of aromatic nitrogens is 1. The average Bonchev–Trinajstić information content (AvgIpc) is 2.68. The lowest BCUT2D eigenvalue weighted by molar-refractivity contribution is -0.117. The molecule has 2 aromatic carbocycles. The van der Waals surface area contributed by atoms with E-state index >= 15 is 0 Å². The van der Waals surface area contributed by atoms with Gasteiger partial charge >= 0.3 is 0 Å². The zero-order chi connectivity index (χ0) is 20.9. The minimum atomic E-state index is -4.17. The van der Waals surface area contributed by atoms with Gasteiger partial charge < -0.3 is 5.32 Å². The third-order valence-electron chi connectivity index (χ3n) is 4.03. The molecule has 0 spiro atoms. The average molecular weight is 450 g/mol. The molecule has 150 valence electrons. The van der Waals surface area contributed by atoms with Crippen LogP contribution in [0.4, 0.5) is 5.69 Å². The van der Waals surface area contributed by atoms with E-state index in [0.717, 1.165) is 5.56 Å². The first kappa shape index (κ1) is 21.3. The van der Waals surface area contributed by atoms with Gasteiger partial charge in [-0.2, -0.15) is 4.72 Å². The Morgan fingerprint density at radius 2 is 1.55 bits per heavy atom. The highest BCUT2D eigenvalue weighted by Crippen LogP contribution is 2.29. The van der Waals surface area contributed by atoms with E-state index < -0.39 is 22.0 Å². The van der Waals surface area contributed by atoms with Gasteiger partial charge in [0, 0.05) is 18.1 Å². The van der Waals surface area contributed by atoms with Gasteiger partial charge in [-0.25, -0.2) is 8.42 Å². The van der Waals surface area contributed by atoms with Gasteiger partial charge in [0.2, 0.25) is 15.9 Å². The summed E-state index contributed by atoms with van der Waals surface area (Å²) in [5.74, 6) is -0.521. The molecule has 0 aliphatic rings. The van der Waals surface area contributed by atoms with E-state index in [0.29, 0.717) is 5.69 Å². The van der Waals surface area contributed by atoms with Gasteiger partial charge in [0.1, 0.15) is 10.9 Å². The number of halogens is 2. The summed E-state index contributed by atoms with van der Waals surface area (Å²) in [5.41, 5.74) is 1.29. The first-order valence-electron chi connectivity index (χ1n) is 8.58. The molecule has 0 aliphatic heterocycles. The fourth-order valence-electron chi connectivity index (χ4n) is 2.69. The molecule has 3 rings (SSSR count). The number of carbonyl (C=O) groups excluding carboxylic acids is 1. The zero-order valence-corrected chi connectivity index (χ0v) is 17.4. The first-order valence-corrected chi connectivity index (χ1v) is 10.8. The molecule has 0 radical (unpaired) electrons. The Kier molecular flexibility index (Phi) is 6.87. The Labute approximate surface area is 178 Å². The smallest absolute Gasteiger partial charge is 0.244 e. The second kappa shape index (κ2) is 9.37. The maximum atomic E-state index is 13.0. The Morgan fingerprint density at radius 1 is 0.931 bits per heavy atom. The monoisotopic (exact) mass is 449 g/mol. The van der Waals surface area contributed by atoms with E-state index in [-0.39, 0.29) is 21.4 Å². The third-order valence-corrected chi connectivity index (χ3v) is 6.46. The van der Waals surface area contributed by atoms with E-state index in [9.17, 15) is 13.2 Å². The molecule has 9 heteroatoms. The third kappa shape index (κ3) is 5.55. The van der Waals surface area contributed by atoms with Crippen LogP contribution in [0.15, 0.2) is 78.0 Å². The van der Waals surface area contributed by atoms with E-state index in [1.54, 1.807) is 18.2 Å². The molecule has 1 amide bonds. The van der Waals surface area contributed by atoms with Gasteiger partial charge in [-0.3, -0.25) is 9.78 Å². The Bertz CT molecular complexity index is 1070. The van der Waals surface area contributed by atoms with E-state index in [1.807, 2.05) is 30.3 Å². The number of amides is 1. The molecular weight excluding hydrogens is 433 g/mol. The molecule has 1 heterocycles. The summed E-state index contributed by atoms with van der Waals surface area (Å²) in [6, 6.07) is 15.6. The van der Waals surface area contributed by atoms with Crippen LogP contribution in [0, 0.1) is 0 Å². The summed E-state index contributed by atoms with van der Waals surface area (Å²) in [6.45, 7) is 0. The molecule has 1 aromatic heterocycles. The molecular formula is C20H17Cl2N3O3S.